The van der Waals surface area contributed by atoms with Gasteiger partial charge in [0, 0.05) is 24.3 Å². The summed E-state index contributed by atoms with van der Waals surface area (Å²) in [6.07, 6.45) is 2.57. The van der Waals surface area contributed by atoms with E-state index in [1.807, 2.05) is 13.0 Å². The van der Waals surface area contributed by atoms with Gasteiger partial charge in [-0.15, -0.1) is 0 Å². The number of aryl methyl sites for hydroxylation is 2. The molecular weight excluding hydrogens is 440 g/mol. The van der Waals surface area contributed by atoms with Gasteiger partial charge in [0.2, 0.25) is 5.91 Å². The molecule has 2 aromatic rings. The van der Waals surface area contributed by atoms with Crippen LogP contribution in [0.1, 0.15) is 40.7 Å². The number of nitrogens with zero attached hydrogens (tertiary/aromatic N) is 1. The van der Waals surface area contributed by atoms with Crippen molar-refractivity contribution in [1.82, 2.24) is 10.2 Å². The summed E-state index contributed by atoms with van der Waals surface area (Å²) in [5.41, 5.74) is 7.79. The first-order valence-corrected chi connectivity index (χ1v) is 12.6. The first-order chi connectivity index (χ1) is 15.7. The van der Waals surface area contributed by atoms with Crippen LogP contribution in [-0.2, 0) is 14.8 Å². The third-order valence-electron chi connectivity index (χ3n) is 5.88. The van der Waals surface area contributed by atoms with Gasteiger partial charge in [0.25, 0.3) is 15.9 Å². The minimum atomic E-state index is -3.72. The zero-order chi connectivity index (χ0) is 24.0. The number of nitrogens with one attached hydrogen (secondary N) is 2. The fourth-order valence-corrected chi connectivity index (χ4v) is 5.38. The fraction of sp³-hybridized carbons (Fsp3) is 0.417. The first-order valence-electron chi connectivity index (χ1n) is 11.2. The van der Waals surface area contributed by atoms with Crippen molar-refractivity contribution in [3.63, 3.8) is 0 Å². The van der Waals surface area contributed by atoms with Crippen molar-refractivity contribution >= 4 is 27.5 Å². The van der Waals surface area contributed by atoms with Crippen molar-refractivity contribution < 1.29 is 18.0 Å². The Morgan fingerprint density at radius 1 is 1.12 bits per heavy atom. The van der Waals surface area contributed by atoms with Crippen LogP contribution in [0.2, 0.25) is 0 Å². The molecule has 1 fully saturated rings. The smallest absolute Gasteiger partial charge is 0.262 e. The summed E-state index contributed by atoms with van der Waals surface area (Å²) < 4.78 is 28.0. The van der Waals surface area contributed by atoms with Gasteiger partial charge in [0.15, 0.2) is 0 Å². The van der Waals surface area contributed by atoms with E-state index < -0.39 is 10.0 Å². The first kappa shape index (κ1) is 24.7. The van der Waals surface area contributed by atoms with E-state index in [1.54, 1.807) is 43.3 Å². The number of hydrogen-bond acceptors (Lipinski definition) is 5. The van der Waals surface area contributed by atoms with E-state index in [1.165, 1.54) is 0 Å². The van der Waals surface area contributed by atoms with E-state index in [4.69, 9.17) is 5.73 Å². The lowest BCUT2D eigenvalue weighted by molar-refractivity contribution is -0.123. The lowest BCUT2D eigenvalue weighted by Crippen LogP contribution is -2.42. The quantitative estimate of drug-likeness (QED) is 0.484. The lowest BCUT2D eigenvalue weighted by atomic mass is 9.97. The van der Waals surface area contributed by atoms with Crippen LogP contribution in [0, 0.1) is 19.8 Å². The maximum atomic E-state index is 12.7. The standard InChI is InChI=1S/C24H32N4O4S/c1-17-6-7-18(2)22(15-17)33(31,32)27-21-10-8-19(9-11-21)24(30)26-12-4-14-28-13-3-5-20(16-28)23(25)29/h6-11,15,20,27H,3-5,12-14,16H2,1-2H3,(H2,25,29)(H,26,30). The third kappa shape index (κ3) is 6.79. The summed E-state index contributed by atoms with van der Waals surface area (Å²) >= 11 is 0. The lowest BCUT2D eigenvalue weighted by Gasteiger charge is -2.31. The number of likely N-dealkylation sites (tertiary alicyclic amines) is 1. The molecule has 2 aromatic carbocycles. The molecule has 2 amide bonds. The van der Waals surface area contributed by atoms with Crippen LogP contribution in [0.15, 0.2) is 47.4 Å². The summed E-state index contributed by atoms with van der Waals surface area (Å²) in [5.74, 6) is -0.542. The Labute approximate surface area is 195 Å². The van der Waals surface area contributed by atoms with Crippen molar-refractivity contribution in [2.75, 3.05) is 30.9 Å². The van der Waals surface area contributed by atoms with Crippen LogP contribution < -0.4 is 15.8 Å². The second-order valence-electron chi connectivity index (χ2n) is 8.60. The molecule has 0 aromatic heterocycles. The van der Waals surface area contributed by atoms with Gasteiger partial charge >= 0.3 is 0 Å². The number of nitrogens with two attached hydrogens (primary N) is 1. The summed E-state index contributed by atoms with van der Waals surface area (Å²) in [6.45, 7) is 6.53. The number of rotatable bonds is 9. The Hall–Kier alpha value is -2.91. The number of sulfonamides is 1. The maximum absolute atomic E-state index is 12.7. The largest absolute Gasteiger partial charge is 0.369 e. The van der Waals surface area contributed by atoms with Gasteiger partial charge in [0.05, 0.1) is 10.8 Å². The summed E-state index contributed by atoms with van der Waals surface area (Å²) in [4.78, 5) is 26.2. The van der Waals surface area contributed by atoms with E-state index >= 15 is 0 Å². The number of carbonyl (C=O) groups is 2. The third-order valence-corrected chi connectivity index (χ3v) is 7.40. The van der Waals surface area contributed by atoms with E-state index in [0.717, 1.165) is 37.9 Å². The van der Waals surface area contributed by atoms with Gasteiger partial charge in [-0.2, -0.15) is 0 Å². The number of amides is 2. The number of anilines is 1. The van der Waals surface area contributed by atoms with Crippen molar-refractivity contribution in [1.29, 1.82) is 0 Å². The number of benzene rings is 2. The van der Waals surface area contributed by atoms with Gasteiger partial charge in [-0.1, -0.05) is 12.1 Å². The van der Waals surface area contributed by atoms with Crippen molar-refractivity contribution in [2.45, 2.75) is 38.0 Å². The molecule has 8 nitrogen and oxygen atoms in total. The van der Waals surface area contributed by atoms with Crippen LogP contribution in [-0.4, -0.2) is 51.3 Å². The van der Waals surface area contributed by atoms with Crippen molar-refractivity contribution in [2.24, 2.45) is 11.7 Å². The maximum Gasteiger partial charge on any atom is 0.262 e. The highest BCUT2D eigenvalue weighted by atomic mass is 32.2. The second-order valence-corrected chi connectivity index (χ2v) is 10.3. The summed E-state index contributed by atoms with van der Waals surface area (Å²) in [5, 5.41) is 2.88. The number of piperidine rings is 1. The van der Waals surface area contributed by atoms with Crippen LogP contribution in [0.3, 0.4) is 0 Å². The molecule has 1 unspecified atom stereocenters. The van der Waals surface area contributed by atoms with Gasteiger partial charge in [0.1, 0.15) is 0 Å². The van der Waals surface area contributed by atoms with E-state index in [-0.39, 0.29) is 22.6 Å². The van der Waals surface area contributed by atoms with Gasteiger partial charge in [-0.25, -0.2) is 8.42 Å². The molecule has 4 N–H and O–H groups in total. The molecule has 0 spiro atoms. The molecule has 0 aliphatic carbocycles. The van der Waals surface area contributed by atoms with E-state index in [9.17, 15) is 18.0 Å². The molecule has 178 valence electrons. The Bertz CT molecular complexity index is 1100. The van der Waals surface area contributed by atoms with E-state index in [2.05, 4.69) is 14.9 Å². The van der Waals surface area contributed by atoms with Crippen LogP contribution >= 0.6 is 0 Å². The second kappa shape index (κ2) is 10.8. The average molecular weight is 473 g/mol. The molecule has 1 aliphatic heterocycles. The topological polar surface area (TPSA) is 122 Å². The summed E-state index contributed by atoms with van der Waals surface area (Å²) in [6, 6.07) is 11.6. The van der Waals surface area contributed by atoms with Crippen LogP contribution in [0.4, 0.5) is 5.69 Å². The highest BCUT2D eigenvalue weighted by Gasteiger charge is 2.23. The molecule has 9 heteroatoms. The van der Waals surface area contributed by atoms with Gasteiger partial charge in [-0.05, 0) is 87.7 Å². The van der Waals surface area contributed by atoms with Gasteiger partial charge in [-0.3, -0.25) is 14.3 Å². The molecule has 0 bridgehead atoms. The number of hydrogen-bond donors (Lipinski definition) is 3. The van der Waals surface area contributed by atoms with Crippen molar-refractivity contribution in [3.05, 3.63) is 59.2 Å². The number of primary amides is 1. The van der Waals surface area contributed by atoms with Crippen molar-refractivity contribution in [3.8, 4) is 0 Å². The Kier molecular flexibility index (Phi) is 8.10. The van der Waals surface area contributed by atoms with Crippen LogP contribution in [0.5, 0.6) is 0 Å². The molecule has 0 radical (unpaired) electrons. The molecule has 33 heavy (non-hydrogen) atoms. The molecule has 1 heterocycles. The van der Waals surface area contributed by atoms with Gasteiger partial charge < -0.3 is 16.0 Å². The SMILES string of the molecule is Cc1ccc(C)c(S(=O)(=O)Nc2ccc(C(=O)NCCCN3CCCC(C(N)=O)C3)cc2)c1. The molecule has 3 rings (SSSR count). The molecule has 1 atom stereocenters. The highest BCUT2D eigenvalue weighted by Crippen LogP contribution is 2.21. The zero-order valence-electron chi connectivity index (χ0n) is 19.1. The minimum absolute atomic E-state index is 0.0842. The average Bonchev–Trinajstić information content (AvgIpc) is 2.78. The fourth-order valence-electron chi connectivity index (χ4n) is 3.99. The van der Waals surface area contributed by atoms with Crippen LogP contribution in [0.25, 0.3) is 0 Å². The normalized spacial score (nSPS) is 16.8. The monoisotopic (exact) mass is 472 g/mol. The minimum Gasteiger partial charge on any atom is -0.369 e. The highest BCUT2D eigenvalue weighted by molar-refractivity contribution is 7.92. The predicted octanol–water partition coefficient (Wildman–Crippen LogP) is 2.42. The number of carbonyl (C=O) groups excluding carboxylic acids is 2. The predicted molar refractivity (Wildman–Crippen MR) is 128 cm³/mol. The summed E-state index contributed by atoms with van der Waals surface area (Å²) in [7, 11) is -3.72. The van der Waals surface area contributed by atoms with E-state index in [0.29, 0.717) is 29.9 Å². The Balaban J connectivity index is 1.49. The zero-order valence-corrected chi connectivity index (χ0v) is 20.0. The Morgan fingerprint density at radius 3 is 2.55 bits per heavy atom. The molecule has 1 aliphatic rings. The molecule has 1 saturated heterocycles. The molecule has 0 saturated carbocycles. The Morgan fingerprint density at radius 2 is 1.85 bits per heavy atom. The molecular formula is C24H32N4O4S.